The van der Waals surface area contributed by atoms with E-state index in [-0.39, 0.29) is 44.0 Å². The molecule has 6 nitrogen and oxygen atoms in total. The van der Waals surface area contributed by atoms with Gasteiger partial charge in [-0.1, -0.05) is 206 Å². The molecule has 0 aliphatic heterocycles. The molecule has 0 aliphatic carbocycles. The van der Waals surface area contributed by atoms with Gasteiger partial charge in [-0.3, -0.25) is 14.4 Å². The van der Waals surface area contributed by atoms with Gasteiger partial charge in [0.25, 0.3) is 0 Å². The van der Waals surface area contributed by atoms with E-state index in [9.17, 15) is 14.4 Å². The Morgan fingerprint density at radius 2 is 0.612 bits per heavy atom. The summed E-state index contributed by atoms with van der Waals surface area (Å²) in [6, 6.07) is 0. The Morgan fingerprint density at radius 1 is 0.313 bits per heavy atom. The van der Waals surface area contributed by atoms with Crippen LogP contribution in [0, 0.1) is 0 Å². The number of ether oxygens (including phenoxy) is 3. The molecule has 0 saturated heterocycles. The van der Waals surface area contributed by atoms with Crippen molar-refractivity contribution in [2.75, 3.05) is 13.2 Å². The van der Waals surface area contributed by atoms with Gasteiger partial charge < -0.3 is 14.2 Å². The highest BCUT2D eigenvalue weighted by Crippen LogP contribution is 2.12. The van der Waals surface area contributed by atoms with Crippen LogP contribution in [0.25, 0.3) is 0 Å². The minimum atomic E-state index is -0.830. The van der Waals surface area contributed by atoms with Crippen molar-refractivity contribution >= 4 is 17.9 Å². The fourth-order valence-corrected chi connectivity index (χ4v) is 6.69. The summed E-state index contributed by atoms with van der Waals surface area (Å²) < 4.78 is 16.7. The Labute approximate surface area is 411 Å². The van der Waals surface area contributed by atoms with E-state index in [0.717, 1.165) is 128 Å². The molecule has 0 aromatic carbocycles. The number of unbranched alkanes of at least 4 members (excludes halogenated alkanes) is 13. The lowest BCUT2D eigenvalue weighted by molar-refractivity contribution is -0.166. The van der Waals surface area contributed by atoms with Gasteiger partial charge in [-0.2, -0.15) is 0 Å². The van der Waals surface area contributed by atoms with E-state index < -0.39 is 6.10 Å². The SMILES string of the molecule is CC/C=C\C/C=C\C/C=C\C/C=C\C/C=C\C/C=C\CCC(=O)OC[C@H](COC(=O)CCCCCCC/C=C\CCCCCC)OC(=O)CCCCCC/C=C\C/C=C\C/C=C\C/C=C\CC. The molecular formula is C61H96O6. The number of hydrogen-bond acceptors (Lipinski definition) is 6. The summed E-state index contributed by atoms with van der Waals surface area (Å²) in [6.45, 7) is 6.28. The van der Waals surface area contributed by atoms with Gasteiger partial charge in [0.2, 0.25) is 0 Å². The average molecular weight is 925 g/mol. The van der Waals surface area contributed by atoms with Crippen molar-refractivity contribution in [3.63, 3.8) is 0 Å². The summed E-state index contributed by atoms with van der Waals surface area (Å²) in [6.07, 6.45) is 75.9. The summed E-state index contributed by atoms with van der Waals surface area (Å²) >= 11 is 0. The molecule has 0 bridgehead atoms. The van der Waals surface area contributed by atoms with Crippen LogP contribution in [0.2, 0.25) is 0 Å². The maximum Gasteiger partial charge on any atom is 0.306 e. The fraction of sp³-hybridized carbons (Fsp3) is 0.590. The molecule has 0 aromatic heterocycles. The lowest BCUT2D eigenvalue weighted by Crippen LogP contribution is -2.30. The van der Waals surface area contributed by atoms with Crippen LogP contribution in [0.1, 0.15) is 213 Å². The highest BCUT2D eigenvalue weighted by Gasteiger charge is 2.19. The van der Waals surface area contributed by atoms with Crippen LogP contribution < -0.4 is 0 Å². The molecule has 0 aliphatic rings. The van der Waals surface area contributed by atoms with E-state index in [0.29, 0.717) is 12.8 Å². The van der Waals surface area contributed by atoms with Crippen LogP contribution in [0.4, 0.5) is 0 Å². The minimum absolute atomic E-state index is 0.120. The third kappa shape index (κ3) is 52.4. The maximum atomic E-state index is 12.8. The highest BCUT2D eigenvalue weighted by atomic mass is 16.6. The topological polar surface area (TPSA) is 78.9 Å². The van der Waals surface area contributed by atoms with Crippen LogP contribution in [0.15, 0.2) is 134 Å². The van der Waals surface area contributed by atoms with E-state index >= 15 is 0 Å². The highest BCUT2D eigenvalue weighted by molar-refractivity contribution is 5.71. The Hall–Kier alpha value is -4.45. The second-order valence-electron chi connectivity index (χ2n) is 17.0. The normalized spacial score (nSPS) is 13.2. The van der Waals surface area contributed by atoms with Gasteiger partial charge in [-0.25, -0.2) is 0 Å². The van der Waals surface area contributed by atoms with Crippen LogP contribution in [-0.4, -0.2) is 37.2 Å². The summed E-state index contributed by atoms with van der Waals surface area (Å²) in [4.78, 5) is 38.0. The number of rotatable bonds is 46. The molecular weight excluding hydrogens is 829 g/mol. The Morgan fingerprint density at radius 3 is 1.01 bits per heavy atom. The standard InChI is InChI=1S/C61H96O6/c1-4-7-10-13-16-19-22-25-27-29-30-32-33-36-39-42-45-48-51-54-60(63)66-57-58(56-65-59(62)53-50-47-44-41-38-35-24-21-18-15-12-9-6-3)67-61(64)55-52-49-46-43-40-37-34-31-28-26-23-20-17-14-11-8-5-2/h7-8,10-11,16-17,19-21,24-28,30,32,34,36-37,39,45,48,58H,4-6,9,12-15,18,22-23,29,31,33,35,38,40-44,46-47,49-57H2,1-3H3/b10-7-,11-8-,19-16-,20-17-,24-21-,27-25-,28-26-,32-30-,37-34-,39-36-,48-45-/t58-/m0/s1. The molecule has 0 N–H and O–H groups in total. The molecule has 0 unspecified atom stereocenters. The number of hydrogen-bond donors (Lipinski definition) is 0. The van der Waals surface area contributed by atoms with Gasteiger partial charge in [0.15, 0.2) is 6.10 Å². The van der Waals surface area contributed by atoms with Crippen molar-refractivity contribution in [3.8, 4) is 0 Å². The lowest BCUT2D eigenvalue weighted by atomic mass is 10.1. The first-order valence-corrected chi connectivity index (χ1v) is 26.7. The molecule has 0 heterocycles. The first kappa shape index (κ1) is 62.5. The summed E-state index contributed by atoms with van der Waals surface area (Å²) in [5.74, 6) is -1.05. The third-order valence-corrected chi connectivity index (χ3v) is 10.6. The van der Waals surface area contributed by atoms with Gasteiger partial charge in [0.1, 0.15) is 13.2 Å². The second kappa shape index (κ2) is 54.2. The zero-order valence-corrected chi connectivity index (χ0v) is 42.9. The number of carbonyl (C=O) groups excluding carboxylic acids is 3. The second-order valence-corrected chi connectivity index (χ2v) is 17.0. The third-order valence-electron chi connectivity index (χ3n) is 10.6. The molecule has 0 radical (unpaired) electrons. The summed E-state index contributed by atoms with van der Waals surface area (Å²) in [5, 5.41) is 0. The monoisotopic (exact) mass is 925 g/mol. The summed E-state index contributed by atoms with van der Waals surface area (Å²) in [5.41, 5.74) is 0. The Kier molecular flexibility index (Phi) is 50.6. The molecule has 0 saturated carbocycles. The predicted octanol–water partition coefficient (Wildman–Crippen LogP) is 17.9. The predicted molar refractivity (Wildman–Crippen MR) is 288 cm³/mol. The van der Waals surface area contributed by atoms with Crippen LogP contribution in [0.3, 0.4) is 0 Å². The maximum absolute atomic E-state index is 12.8. The van der Waals surface area contributed by atoms with Crippen LogP contribution in [0.5, 0.6) is 0 Å². The molecule has 6 heteroatoms. The number of carbonyl (C=O) groups is 3. The van der Waals surface area contributed by atoms with Crippen LogP contribution >= 0.6 is 0 Å². The molecule has 376 valence electrons. The zero-order chi connectivity index (χ0) is 48.6. The number of esters is 3. The minimum Gasteiger partial charge on any atom is -0.462 e. The largest absolute Gasteiger partial charge is 0.462 e. The van der Waals surface area contributed by atoms with Crippen molar-refractivity contribution in [3.05, 3.63) is 134 Å². The van der Waals surface area contributed by atoms with Gasteiger partial charge in [-0.15, -0.1) is 0 Å². The van der Waals surface area contributed by atoms with Gasteiger partial charge in [0, 0.05) is 19.3 Å². The Bertz CT molecular complexity index is 1480. The van der Waals surface area contributed by atoms with Gasteiger partial charge in [0.05, 0.1) is 0 Å². The van der Waals surface area contributed by atoms with E-state index in [1.165, 1.54) is 38.5 Å². The lowest BCUT2D eigenvalue weighted by Gasteiger charge is -2.18. The van der Waals surface area contributed by atoms with Gasteiger partial charge in [-0.05, 0) is 122 Å². The van der Waals surface area contributed by atoms with Crippen molar-refractivity contribution in [1.82, 2.24) is 0 Å². The molecule has 0 aromatic rings. The molecule has 0 rings (SSSR count). The van der Waals surface area contributed by atoms with Crippen molar-refractivity contribution in [2.24, 2.45) is 0 Å². The molecule has 1 atom stereocenters. The molecule has 0 fully saturated rings. The smallest absolute Gasteiger partial charge is 0.306 e. The van der Waals surface area contributed by atoms with E-state index in [1.807, 2.05) is 12.2 Å². The van der Waals surface area contributed by atoms with Crippen molar-refractivity contribution in [1.29, 1.82) is 0 Å². The Balaban J connectivity index is 4.58. The first-order valence-electron chi connectivity index (χ1n) is 26.7. The number of allylic oxidation sites excluding steroid dienone is 22. The van der Waals surface area contributed by atoms with E-state index in [2.05, 4.69) is 142 Å². The van der Waals surface area contributed by atoms with Crippen molar-refractivity contribution in [2.45, 2.75) is 219 Å². The van der Waals surface area contributed by atoms with E-state index in [1.54, 1.807) is 0 Å². The zero-order valence-electron chi connectivity index (χ0n) is 42.9. The molecule has 0 spiro atoms. The molecule has 67 heavy (non-hydrogen) atoms. The van der Waals surface area contributed by atoms with Crippen LogP contribution in [-0.2, 0) is 28.6 Å². The summed E-state index contributed by atoms with van der Waals surface area (Å²) in [7, 11) is 0. The van der Waals surface area contributed by atoms with Gasteiger partial charge >= 0.3 is 17.9 Å². The van der Waals surface area contributed by atoms with Crippen molar-refractivity contribution < 1.29 is 28.6 Å². The van der Waals surface area contributed by atoms with E-state index in [4.69, 9.17) is 14.2 Å². The molecule has 0 amide bonds. The quantitative estimate of drug-likeness (QED) is 0.0262. The average Bonchev–Trinajstić information content (AvgIpc) is 3.33. The fourth-order valence-electron chi connectivity index (χ4n) is 6.69. The first-order chi connectivity index (χ1) is 33.0.